The van der Waals surface area contributed by atoms with E-state index in [0.29, 0.717) is 5.75 Å². The third kappa shape index (κ3) is 3.23. The molecule has 0 spiro atoms. The van der Waals surface area contributed by atoms with Crippen LogP contribution in [0.25, 0.3) is 0 Å². The fourth-order valence-corrected chi connectivity index (χ4v) is 1.76. The van der Waals surface area contributed by atoms with Crippen molar-refractivity contribution in [2.75, 3.05) is 0 Å². The Hall–Kier alpha value is -2.07. The van der Waals surface area contributed by atoms with Crippen molar-refractivity contribution in [1.82, 2.24) is 4.98 Å². The maximum absolute atomic E-state index is 10.8. The predicted octanol–water partition coefficient (Wildman–Crippen LogP) is 3.79. The number of ether oxygens (including phenoxy) is 1. The molecule has 19 heavy (non-hydrogen) atoms. The van der Waals surface area contributed by atoms with Crippen LogP contribution >= 0.6 is 11.6 Å². The van der Waals surface area contributed by atoms with E-state index in [1.165, 1.54) is 12.3 Å². The van der Waals surface area contributed by atoms with Crippen LogP contribution in [0.2, 0.25) is 5.02 Å². The molecule has 2 aromatic rings. The van der Waals surface area contributed by atoms with Crippen molar-refractivity contribution in [3.05, 3.63) is 52.7 Å². The van der Waals surface area contributed by atoms with Crippen molar-refractivity contribution < 1.29 is 14.6 Å². The summed E-state index contributed by atoms with van der Waals surface area (Å²) < 4.78 is 5.55. The van der Waals surface area contributed by atoms with Gasteiger partial charge in [0.25, 0.3) is 0 Å². The minimum atomic E-state index is -1.08. The van der Waals surface area contributed by atoms with Crippen LogP contribution in [0.15, 0.2) is 36.5 Å². The second kappa shape index (κ2) is 5.71. The number of aromatic nitrogens is 1. The van der Waals surface area contributed by atoms with E-state index < -0.39 is 5.97 Å². The lowest BCUT2D eigenvalue weighted by molar-refractivity contribution is 0.0696. The molecule has 1 N–H and O–H groups in total. The van der Waals surface area contributed by atoms with Crippen molar-refractivity contribution in [2.45, 2.75) is 13.3 Å². The average Bonchev–Trinajstić information content (AvgIpc) is 2.41. The molecule has 2 rings (SSSR count). The summed E-state index contributed by atoms with van der Waals surface area (Å²) >= 11 is 5.95. The third-order valence-corrected chi connectivity index (χ3v) is 2.85. The van der Waals surface area contributed by atoms with E-state index in [9.17, 15) is 4.79 Å². The molecule has 0 atom stereocenters. The molecule has 1 heterocycles. The van der Waals surface area contributed by atoms with Gasteiger partial charge in [0.2, 0.25) is 5.88 Å². The zero-order valence-electron chi connectivity index (χ0n) is 10.3. The smallest absolute Gasteiger partial charge is 0.337 e. The molecule has 5 heteroatoms. The Bertz CT molecular complexity index is 613. The number of benzene rings is 1. The van der Waals surface area contributed by atoms with Crippen molar-refractivity contribution in [2.24, 2.45) is 0 Å². The number of hydrogen-bond acceptors (Lipinski definition) is 3. The number of hydrogen-bond donors (Lipinski definition) is 1. The molecule has 0 amide bonds. The number of nitrogens with zero attached hydrogens (tertiary/aromatic N) is 1. The zero-order valence-corrected chi connectivity index (χ0v) is 11.0. The molecule has 1 aromatic heterocycles. The molecule has 0 fully saturated rings. The summed E-state index contributed by atoms with van der Waals surface area (Å²) in [5.41, 5.74) is 1.16. The molecule has 98 valence electrons. The fraction of sp³-hybridized carbons (Fsp3) is 0.143. The van der Waals surface area contributed by atoms with Crippen LogP contribution < -0.4 is 4.74 Å². The van der Waals surface area contributed by atoms with E-state index in [-0.39, 0.29) is 16.5 Å². The number of aryl methyl sites for hydroxylation is 1. The van der Waals surface area contributed by atoms with E-state index in [4.69, 9.17) is 21.4 Å². The maximum Gasteiger partial charge on any atom is 0.337 e. The van der Waals surface area contributed by atoms with Crippen LogP contribution in [0, 0.1) is 0 Å². The van der Waals surface area contributed by atoms with Crippen LogP contribution in [-0.2, 0) is 6.42 Å². The lowest BCUT2D eigenvalue weighted by Crippen LogP contribution is -1.98. The number of carbonyl (C=O) groups is 1. The van der Waals surface area contributed by atoms with E-state index in [0.717, 1.165) is 12.0 Å². The minimum Gasteiger partial charge on any atom is -0.478 e. The number of carboxylic acids is 1. The van der Waals surface area contributed by atoms with Crippen molar-refractivity contribution in [3.63, 3.8) is 0 Å². The summed E-state index contributed by atoms with van der Waals surface area (Å²) in [7, 11) is 0. The highest BCUT2D eigenvalue weighted by Crippen LogP contribution is 2.28. The van der Waals surface area contributed by atoms with Crippen molar-refractivity contribution in [1.29, 1.82) is 0 Å². The second-order valence-corrected chi connectivity index (χ2v) is 4.33. The average molecular weight is 278 g/mol. The molecule has 1 aromatic carbocycles. The summed E-state index contributed by atoms with van der Waals surface area (Å²) in [6.45, 7) is 2.05. The van der Waals surface area contributed by atoms with E-state index in [1.54, 1.807) is 6.07 Å². The molecule has 0 unspecified atom stereocenters. The van der Waals surface area contributed by atoms with E-state index >= 15 is 0 Å². The highest BCUT2D eigenvalue weighted by molar-refractivity contribution is 6.32. The fourth-order valence-electron chi connectivity index (χ4n) is 1.56. The lowest BCUT2D eigenvalue weighted by Gasteiger charge is -2.08. The molecule has 4 nitrogen and oxygen atoms in total. The van der Waals surface area contributed by atoms with Gasteiger partial charge in [0.1, 0.15) is 10.8 Å². The summed E-state index contributed by atoms with van der Waals surface area (Å²) in [6.07, 6.45) is 2.11. The number of rotatable bonds is 4. The molecule has 0 saturated carbocycles. The Morgan fingerprint density at radius 2 is 2.21 bits per heavy atom. The Labute approximate surface area is 115 Å². The quantitative estimate of drug-likeness (QED) is 0.924. The summed E-state index contributed by atoms with van der Waals surface area (Å²) in [6, 6.07) is 8.88. The summed E-state index contributed by atoms with van der Waals surface area (Å²) in [5.74, 6) is -0.259. The topological polar surface area (TPSA) is 59.4 Å². The number of halogens is 1. The van der Waals surface area contributed by atoms with E-state index in [2.05, 4.69) is 4.98 Å². The van der Waals surface area contributed by atoms with Crippen LogP contribution in [0.5, 0.6) is 11.6 Å². The molecule has 0 aliphatic heterocycles. The first-order valence-corrected chi connectivity index (χ1v) is 6.13. The third-order valence-electron chi connectivity index (χ3n) is 2.58. The Morgan fingerprint density at radius 3 is 2.84 bits per heavy atom. The predicted molar refractivity (Wildman–Crippen MR) is 72.1 cm³/mol. The van der Waals surface area contributed by atoms with Crippen LogP contribution in [0.1, 0.15) is 22.8 Å². The normalized spacial score (nSPS) is 10.2. The maximum atomic E-state index is 10.8. The molecule has 0 bridgehead atoms. The van der Waals surface area contributed by atoms with Gasteiger partial charge in [0.05, 0.1) is 5.56 Å². The molecular formula is C14H12ClNO3. The highest BCUT2D eigenvalue weighted by atomic mass is 35.5. The number of aromatic carboxylic acids is 1. The SMILES string of the molecule is CCc1cccc(Oc2ncc(C(=O)O)cc2Cl)c1. The first kappa shape index (κ1) is 13.4. The van der Waals surface area contributed by atoms with Crippen LogP contribution in [0.3, 0.4) is 0 Å². The van der Waals surface area contributed by atoms with Gasteiger partial charge in [-0.1, -0.05) is 30.7 Å². The highest BCUT2D eigenvalue weighted by Gasteiger charge is 2.10. The Balaban J connectivity index is 2.25. The first-order chi connectivity index (χ1) is 9.10. The van der Waals surface area contributed by atoms with Gasteiger partial charge in [-0.25, -0.2) is 9.78 Å². The number of carboxylic acid groups (broad SMARTS) is 1. The first-order valence-electron chi connectivity index (χ1n) is 5.75. The molecule has 0 radical (unpaired) electrons. The largest absolute Gasteiger partial charge is 0.478 e. The van der Waals surface area contributed by atoms with Gasteiger partial charge in [-0.05, 0) is 30.2 Å². The Morgan fingerprint density at radius 1 is 1.42 bits per heavy atom. The molecule has 0 saturated heterocycles. The van der Waals surface area contributed by atoms with Gasteiger partial charge in [-0.2, -0.15) is 0 Å². The van der Waals surface area contributed by atoms with Gasteiger partial charge in [0, 0.05) is 6.20 Å². The molecule has 0 aliphatic rings. The second-order valence-electron chi connectivity index (χ2n) is 3.92. The van der Waals surface area contributed by atoms with Crippen molar-refractivity contribution in [3.8, 4) is 11.6 Å². The molecule has 0 aliphatic carbocycles. The minimum absolute atomic E-state index is 0.0275. The zero-order chi connectivity index (χ0) is 13.8. The van der Waals surface area contributed by atoms with Gasteiger partial charge in [0.15, 0.2) is 0 Å². The monoisotopic (exact) mass is 277 g/mol. The van der Waals surface area contributed by atoms with Crippen molar-refractivity contribution >= 4 is 17.6 Å². The summed E-state index contributed by atoms with van der Waals surface area (Å²) in [4.78, 5) is 14.7. The Kier molecular flexibility index (Phi) is 4.02. The summed E-state index contributed by atoms with van der Waals surface area (Å²) in [5, 5.41) is 8.99. The van der Waals surface area contributed by atoms with Gasteiger partial charge >= 0.3 is 5.97 Å². The van der Waals surface area contributed by atoms with Gasteiger partial charge < -0.3 is 9.84 Å². The lowest BCUT2D eigenvalue weighted by atomic mass is 10.2. The van der Waals surface area contributed by atoms with Gasteiger partial charge in [-0.3, -0.25) is 0 Å². The van der Waals surface area contributed by atoms with Crippen LogP contribution in [-0.4, -0.2) is 16.1 Å². The standard InChI is InChI=1S/C14H12ClNO3/c1-2-9-4-3-5-11(6-9)19-13-12(15)7-10(8-16-13)14(17)18/h3-8H,2H2,1H3,(H,17,18). The van der Waals surface area contributed by atoms with Crippen LogP contribution in [0.4, 0.5) is 0 Å². The number of pyridine rings is 1. The van der Waals surface area contributed by atoms with E-state index in [1.807, 2.05) is 25.1 Å². The van der Waals surface area contributed by atoms with Gasteiger partial charge in [-0.15, -0.1) is 0 Å². The molecular weight excluding hydrogens is 266 g/mol.